The highest BCUT2D eigenvalue weighted by Crippen LogP contribution is 2.09. The van der Waals surface area contributed by atoms with Gasteiger partial charge < -0.3 is 15.4 Å². The maximum absolute atomic E-state index is 13.5. The normalized spacial score (nSPS) is 10.3. The Morgan fingerprint density at radius 3 is 2.91 bits per heavy atom. The lowest BCUT2D eigenvalue weighted by Gasteiger charge is -2.09. The van der Waals surface area contributed by atoms with Crippen LogP contribution in [0.1, 0.15) is 22.5 Å². The lowest BCUT2D eigenvalue weighted by Crippen LogP contribution is -2.24. The molecule has 1 aromatic heterocycles. The van der Waals surface area contributed by atoms with Gasteiger partial charge in [0.05, 0.1) is 0 Å². The Bertz CT molecular complexity index is 649. The summed E-state index contributed by atoms with van der Waals surface area (Å²) in [7, 11) is 1.66. The van der Waals surface area contributed by atoms with Crippen LogP contribution in [-0.2, 0) is 11.3 Å². The Labute approximate surface area is 134 Å². The summed E-state index contributed by atoms with van der Waals surface area (Å²) in [5, 5.41) is 5.87. The molecule has 0 saturated heterocycles. The second kappa shape index (κ2) is 8.85. The summed E-state index contributed by atoms with van der Waals surface area (Å²) < 4.78 is 18.5. The zero-order chi connectivity index (χ0) is 16.5. The van der Waals surface area contributed by atoms with Gasteiger partial charge in [0.1, 0.15) is 11.5 Å². The van der Waals surface area contributed by atoms with Gasteiger partial charge in [0.25, 0.3) is 5.91 Å². The number of aromatic nitrogens is 1. The van der Waals surface area contributed by atoms with Crippen LogP contribution in [0.4, 0.5) is 10.1 Å². The van der Waals surface area contributed by atoms with Gasteiger partial charge >= 0.3 is 0 Å². The lowest BCUT2D eigenvalue weighted by molar-refractivity contribution is 0.0945. The molecule has 0 saturated carbocycles. The minimum Gasteiger partial charge on any atom is -0.385 e. The highest BCUT2D eigenvalue weighted by Gasteiger charge is 2.09. The number of benzene rings is 1. The lowest BCUT2D eigenvalue weighted by atomic mass is 10.2. The van der Waals surface area contributed by atoms with E-state index < -0.39 is 0 Å². The molecule has 122 valence electrons. The highest BCUT2D eigenvalue weighted by molar-refractivity contribution is 5.93. The Kier molecular flexibility index (Phi) is 6.50. The molecule has 0 unspecified atom stereocenters. The maximum Gasteiger partial charge on any atom is 0.270 e. The predicted octanol–water partition coefficient (Wildman–Crippen LogP) is 2.60. The Hall–Kier alpha value is -2.47. The van der Waals surface area contributed by atoms with Crippen LogP contribution < -0.4 is 10.6 Å². The number of methoxy groups -OCH3 is 1. The molecular formula is C17H20FN3O2. The first-order chi connectivity index (χ1) is 11.2. The van der Waals surface area contributed by atoms with E-state index in [0.717, 1.165) is 18.7 Å². The van der Waals surface area contributed by atoms with Crippen molar-refractivity contribution in [2.75, 3.05) is 25.6 Å². The van der Waals surface area contributed by atoms with Crippen LogP contribution in [0, 0.1) is 5.82 Å². The molecule has 0 spiro atoms. The number of hydrogen-bond acceptors (Lipinski definition) is 4. The van der Waals surface area contributed by atoms with Gasteiger partial charge in [0.15, 0.2) is 0 Å². The summed E-state index contributed by atoms with van der Waals surface area (Å²) >= 11 is 0. The molecule has 2 rings (SSSR count). The molecule has 0 radical (unpaired) electrons. The van der Waals surface area contributed by atoms with Gasteiger partial charge in [-0.05, 0) is 24.6 Å². The van der Waals surface area contributed by atoms with Crippen molar-refractivity contribution in [2.24, 2.45) is 0 Å². The summed E-state index contributed by atoms with van der Waals surface area (Å²) in [5.74, 6) is -0.678. The molecule has 0 bridgehead atoms. The van der Waals surface area contributed by atoms with Crippen molar-refractivity contribution < 1.29 is 13.9 Å². The Balaban J connectivity index is 1.90. The van der Waals surface area contributed by atoms with Crippen molar-refractivity contribution in [1.29, 1.82) is 0 Å². The third kappa shape index (κ3) is 5.34. The molecular weight excluding hydrogens is 297 g/mol. The number of rotatable bonds is 8. The van der Waals surface area contributed by atoms with Crippen LogP contribution >= 0.6 is 0 Å². The molecule has 1 amide bonds. The van der Waals surface area contributed by atoms with E-state index in [1.807, 2.05) is 0 Å². The minimum absolute atomic E-state index is 0.124. The maximum atomic E-state index is 13.5. The average Bonchev–Trinajstić information content (AvgIpc) is 2.58. The van der Waals surface area contributed by atoms with Crippen molar-refractivity contribution in [2.45, 2.75) is 13.0 Å². The number of hydrogen-bond donors (Lipinski definition) is 2. The number of nitrogens with one attached hydrogen (secondary N) is 2. The predicted molar refractivity (Wildman–Crippen MR) is 86.8 cm³/mol. The van der Waals surface area contributed by atoms with E-state index >= 15 is 0 Å². The monoisotopic (exact) mass is 317 g/mol. The quantitative estimate of drug-likeness (QED) is 0.735. The van der Waals surface area contributed by atoms with E-state index in [-0.39, 0.29) is 24.0 Å². The van der Waals surface area contributed by atoms with Crippen molar-refractivity contribution in [3.8, 4) is 0 Å². The smallest absolute Gasteiger partial charge is 0.270 e. The second-order valence-corrected chi connectivity index (χ2v) is 4.98. The van der Waals surface area contributed by atoms with Gasteiger partial charge in [-0.2, -0.15) is 0 Å². The highest BCUT2D eigenvalue weighted by atomic mass is 19.1. The number of carbonyl (C=O) groups is 1. The van der Waals surface area contributed by atoms with E-state index in [4.69, 9.17) is 4.74 Å². The molecule has 1 aromatic carbocycles. The second-order valence-electron chi connectivity index (χ2n) is 4.98. The number of ether oxygens (including phenoxy) is 1. The number of pyridine rings is 1. The largest absolute Gasteiger partial charge is 0.385 e. The molecule has 2 aromatic rings. The van der Waals surface area contributed by atoms with Crippen LogP contribution in [0.5, 0.6) is 0 Å². The number of amides is 1. The summed E-state index contributed by atoms with van der Waals surface area (Å²) in [6, 6.07) is 9.80. The molecule has 6 heteroatoms. The van der Waals surface area contributed by atoms with Crippen molar-refractivity contribution in [3.63, 3.8) is 0 Å². The van der Waals surface area contributed by atoms with Gasteiger partial charge in [0, 0.05) is 44.3 Å². The Morgan fingerprint density at radius 2 is 2.13 bits per heavy atom. The van der Waals surface area contributed by atoms with Crippen molar-refractivity contribution >= 4 is 11.6 Å². The standard InChI is InChI=1S/C17H20FN3O2/c1-23-10-4-8-19-14-7-9-20-16(11-14)17(22)21-12-13-5-2-3-6-15(13)18/h2-3,5-7,9,11H,4,8,10,12H2,1H3,(H,19,20)(H,21,22). The van der Waals surface area contributed by atoms with Gasteiger partial charge in [-0.15, -0.1) is 0 Å². The first-order valence-electron chi connectivity index (χ1n) is 7.41. The van der Waals surface area contributed by atoms with E-state index in [0.29, 0.717) is 12.2 Å². The number of anilines is 1. The Morgan fingerprint density at radius 1 is 1.30 bits per heavy atom. The third-order valence-electron chi connectivity index (χ3n) is 3.24. The van der Waals surface area contributed by atoms with Crippen molar-refractivity contribution in [3.05, 3.63) is 59.7 Å². The number of halogens is 1. The third-order valence-corrected chi connectivity index (χ3v) is 3.24. The summed E-state index contributed by atoms with van der Waals surface area (Å²) in [4.78, 5) is 16.2. The first-order valence-corrected chi connectivity index (χ1v) is 7.41. The van der Waals surface area contributed by atoms with E-state index in [1.54, 1.807) is 43.6 Å². The van der Waals surface area contributed by atoms with Gasteiger partial charge in [-0.1, -0.05) is 18.2 Å². The minimum atomic E-state index is -0.339. The van der Waals surface area contributed by atoms with Crippen LogP contribution in [-0.4, -0.2) is 31.2 Å². The van der Waals surface area contributed by atoms with Crippen LogP contribution in [0.25, 0.3) is 0 Å². The average molecular weight is 317 g/mol. The van der Waals surface area contributed by atoms with Crippen LogP contribution in [0.3, 0.4) is 0 Å². The molecule has 0 aliphatic heterocycles. The van der Waals surface area contributed by atoms with Gasteiger partial charge in [-0.3, -0.25) is 9.78 Å². The number of carbonyl (C=O) groups excluding carboxylic acids is 1. The molecule has 0 aliphatic carbocycles. The zero-order valence-electron chi connectivity index (χ0n) is 13.0. The van der Waals surface area contributed by atoms with Crippen molar-refractivity contribution in [1.82, 2.24) is 10.3 Å². The molecule has 0 aliphatic rings. The zero-order valence-corrected chi connectivity index (χ0v) is 13.0. The molecule has 2 N–H and O–H groups in total. The van der Waals surface area contributed by atoms with E-state index in [2.05, 4.69) is 15.6 Å². The SMILES string of the molecule is COCCCNc1ccnc(C(=O)NCc2ccccc2F)c1. The fourth-order valence-electron chi connectivity index (χ4n) is 2.02. The molecule has 23 heavy (non-hydrogen) atoms. The molecule has 1 heterocycles. The van der Waals surface area contributed by atoms with Gasteiger partial charge in [0.2, 0.25) is 0 Å². The first kappa shape index (κ1) is 16.9. The van der Waals surface area contributed by atoms with Crippen LogP contribution in [0.2, 0.25) is 0 Å². The van der Waals surface area contributed by atoms with Gasteiger partial charge in [-0.25, -0.2) is 4.39 Å². The molecule has 0 atom stereocenters. The summed E-state index contributed by atoms with van der Waals surface area (Å²) in [6.07, 6.45) is 2.43. The van der Waals surface area contributed by atoms with E-state index in [1.165, 1.54) is 6.07 Å². The fraction of sp³-hybridized carbons (Fsp3) is 0.294. The topological polar surface area (TPSA) is 63.2 Å². The molecule has 0 fully saturated rings. The summed E-state index contributed by atoms with van der Waals surface area (Å²) in [5.41, 5.74) is 1.54. The van der Waals surface area contributed by atoms with E-state index in [9.17, 15) is 9.18 Å². The fourth-order valence-corrected chi connectivity index (χ4v) is 2.02. The molecule has 5 nitrogen and oxygen atoms in total. The number of nitrogens with zero attached hydrogens (tertiary/aromatic N) is 1. The summed E-state index contributed by atoms with van der Waals surface area (Å²) in [6.45, 7) is 1.54. The van der Waals surface area contributed by atoms with Crippen LogP contribution in [0.15, 0.2) is 42.6 Å².